The van der Waals surface area contributed by atoms with Crippen LogP contribution < -0.4 is 5.73 Å². The van der Waals surface area contributed by atoms with Crippen molar-refractivity contribution in [2.24, 2.45) is 51.3 Å². The topological polar surface area (TPSA) is 67.8 Å². The van der Waals surface area contributed by atoms with Crippen LogP contribution in [0.2, 0.25) is 0 Å². The molecule has 28 heavy (non-hydrogen) atoms. The van der Waals surface area contributed by atoms with Crippen molar-refractivity contribution in [2.45, 2.75) is 77.7 Å². The van der Waals surface area contributed by atoms with Crippen molar-refractivity contribution in [1.82, 2.24) is 0 Å². The Balaban J connectivity index is 1.45. The van der Waals surface area contributed by atoms with Gasteiger partial charge < -0.3 is 15.7 Å². The normalized spacial score (nSPS) is 48.4. The molecule has 0 unspecified atom stereocenters. The van der Waals surface area contributed by atoms with Gasteiger partial charge in [0.15, 0.2) is 0 Å². The quantitative estimate of drug-likeness (QED) is 0.413. The number of nitrogens with zero attached hydrogens (tertiary/aromatic N) is 1. The van der Waals surface area contributed by atoms with E-state index in [0.29, 0.717) is 29.9 Å². The largest absolute Gasteiger partial charge is 0.394 e. The molecular formula is C24H40N2O2. The number of rotatable bonds is 5. The van der Waals surface area contributed by atoms with Gasteiger partial charge >= 0.3 is 0 Å². The molecule has 0 aromatic rings. The molecule has 0 aromatic heterocycles. The average Bonchev–Trinajstić information content (AvgIpc) is 3.01. The standard InChI is InChI=1S/C24H40N2O2/c1-23-12-10-22-20(7-5-18-16-19(27)9-11-24(18,22)2)21(23)8-6-17(23)4-3-14-26-28-15-13-25/h3-4,14,17-22,27H,5-13,15-16,25H2,1-2H3/b4-3+,26-14+/t17-,18+,19-,20-,21-,22-,23+,24-/m0/s1. The van der Waals surface area contributed by atoms with Gasteiger partial charge in [0.25, 0.3) is 0 Å². The van der Waals surface area contributed by atoms with E-state index in [-0.39, 0.29) is 6.10 Å². The molecule has 0 saturated heterocycles. The van der Waals surface area contributed by atoms with Crippen molar-refractivity contribution in [1.29, 1.82) is 0 Å². The third kappa shape index (κ3) is 3.45. The molecule has 4 nitrogen and oxygen atoms in total. The summed E-state index contributed by atoms with van der Waals surface area (Å²) < 4.78 is 0. The van der Waals surface area contributed by atoms with Crippen LogP contribution in [0.3, 0.4) is 0 Å². The minimum Gasteiger partial charge on any atom is -0.394 e. The molecule has 4 rings (SSSR count). The van der Waals surface area contributed by atoms with Gasteiger partial charge in [0.05, 0.1) is 12.3 Å². The molecule has 0 amide bonds. The number of oxime groups is 1. The van der Waals surface area contributed by atoms with Crippen LogP contribution in [0.25, 0.3) is 0 Å². The first-order valence-corrected chi connectivity index (χ1v) is 11.7. The van der Waals surface area contributed by atoms with Gasteiger partial charge in [-0.3, -0.25) is 0 Å². The summed E-state index contributed by atoms with van der Waals surface area (Å²) >= 11 is 0. The Labute approximate surface area is 171 Å². The zero-order chi connectivity index (χ0) is 19.8. The van der Waals surface area contributed by atoms with Crippen LogP contribution in [-0.2, 0) is 4.84 Å². The van der Waals surface area contributed by atoms with E-state index < -0.39 is 0 Å². The smallest absolute Gasteiger partial charge is 0.129 e. The molecule has 4 aliphatic rings. The summed E-state index contributed by atoms with van der Waals surface area (Å²) in [5.74, 6) is 4.07. The molecular weight excluding hydrogens is 348 g/mol. The van der Waals surface area contributed by atoms with Gasteiger partial charge in [0, 0.05) is 6.54 Å². The molecule has 0 heterocycles. The predicted molar refractivity (Wildman–Crippen MR) is 114 cm³/mol. The van der Waals surface area contributed by atoms with Crippen LogP contribution in [-0.4, -0.2) is 30.6 Å². The number of hydrogen-bond donors (Lipinski definition) is 2. The first-order valence-electron chi connectivity index (χ1n) is 11.7. The van der Waals surface area contributed by atoms with E-state index in [1.54, 1.807) is 6.21 Å². The summed E-state index contributed by atoms with van der Waals surface area (Å²) in [4.78, 5) is 5.09. The van der Waals surface area contributed by atoms with E-state index in [2.05, 4.69) is 31.2 Å². The number of aliphatic hydroxyl groups excluding tert-OH is 1. The number of hydrogen-bond acceptors (Lipinski definition) is 4. The molecule has 4 heteroatoms. The van der Waals surface area contributed by atoms with Crippen LogP contribution >= 0.6 is 0 Å². The van der Waals surface area contributed by atoms with Crippen molar-refractivity contribution < 1.29 is 9.94 Å². The van der Waals surface area contributed by atoms with Gasteiger partial charge in [-0.25, -0.2) is 0 Å². The van der Waals surface area contributed by atoms with Crippen molar-refractivity contribution in [3.63, 3.8) is 0 Å². The fourth-order valence-electron chi connectivity index (χ4n) is 7.96. The zero-order valence-electron chi connectivity index (χ0n) is 17.9. The van der Waals surface area contributed by atoms with E-state index in [9.17, 15) is 5.11 Å². The van der Waals surface area contributed by atoms with E-state index in [1.165, 1.54) is 44.9 Å². The summed E-state index contributed by atoms with van der Waals surface area (Å²) in [6, 6.07) is 0. The lowest BCUT2D eigenvalue weighted by atomic mass is 9.44. The zero-order valence-corrected chi connectivity index (χ0v) is 17.9. The summed E-state index contributed by atoms with van der Waals surface area (Å²) in [5.41, 5.74) is 6.34. The van der Waals surface area contributed by atoms with Crippen LogP contribution in [0, 0.1) is 40.4 Å². The first-order chi connectivity index (χ1) is 13.5. The average molecular weight is 389 g/mol. The van der Waals surface area contributed by atoms with Gasteiger partial charge in [-0.1, -0.05) is 25.1 Å². The molecule has 158 valence electrons. The van der Waals surface area contributed by atoms with Crippen molar-refractivity contribution >= 4 is 6.21 Å². The lowest BCUT2D eigenvalue weighted by molar-refractivity contribution is -0.124. The molecule has 4 fully saturated rings. The molecule has 0 radical (unpaired) electrons. The van der Waals surface area contributed by atoms with Gasteiger partial charge in [0.2, 0.25) is 0 Å². The third-order valence-electron chi connectivity index (χ3n) is 9.49. The van der Waals surface area contributed by atoms with Crippen LogP contribution in [0.5, 0.6) is 0 Å². The Hall–Kier alpha value is -0.870. The number of allylic oxidation sites excluding steroid dienone is 2. The fraction of sp³-hybridized carbons (Fsp3) is 0.875. The number of aliphatic hydroxyl groups is 1. The summed E-state index contributed by atoms with van der Waals surface area (Å²) in [5, 5.41) is 14.2. The predicted octanol–water partition coefficient (Wildman–Crippen LogP) is 4.52. The second kappa shape index (κ2) is 8.10. The monoisotopic (exact) mass is 388 g/mol. The van der Waals surface area contributed by atoms with Crippen LogP contribution in [0.15, 0.2) is 17.3 Å². The Morgan fingerprint density at radius 3 is 2.64 bits per heavy atom. The second-order valence-corrected chi connectivity index (χ2v) is 10.6. The van der Waals surface area contributed by atoms with E-state index in [1.807, 2.05) is 0 Å². The molecule has 8 atom stereocenters. The maximum atomic E-state index is 10.2. The van der Waals surface area contributed by atoms with Gasteiger partial charge in [0.1, 0.15) is 6.61 Å². The lowest BCUT2D eigenvalue weighted by Gasteiger charge is -2.60. The number of fused-ring (bicyclic) bond motifs is 5. The molecule has 4 aliphatic carbocycles. The lowest BCUT2D eigenvalue weighted by Crippen LogP contribution is -2.53. The highest BCUT2D eigenvalue weighted by atomic mass is 16.6. The van der Waals surface area contributed by atoms with E-state index >= 15 is 0 Å². The molecule has 3 N–H and O–H groups in total. The SMILES string of the molecule is C[C@]12CC[C@H](O)C[C@H]1CC[C@@H]1[C@@H]2CC[C@]2(C)[C@@H](/C=C/C=N/OCCN)CC[C@@H]12. The maximum Gasteiger partial charge on any atom is 0.129 e. The molecule has 0 aromatic carbocycles. The van der Waals surface area contributed by atoms with Crippen LogP contribution in [0.4, 0.5) is 0 Å². The van der Waals surface area contributed by atoms with Crippen molar-refractivity contribution in [3.05, 3.63) is 12.2 Å². The van der Waals surface area contributed by atoms with Gasteiger partial charge in [-0.2, -0.15) is 0 Å². The highest BCUT2D eigenvalue weighted by molar-refractivity contribution is 5.70. The summed E-state index contributed by atoms with van der Waals surface area (Å²) in [6.07, 6.45) is 17.7. The molecule has 0 aliphatic heterocycles. The van der Waals surface area contributed by atoms with Crippen molar-refractivity contribution in [2.75, 3.05) is 13.2 Å². The van der Waals surface area contributed by atoms with Crippen molar-refractivity contribution in [3.8, 4) is 0 Å². The van der Waals surface area contributed by atoms with Crippen LogP contribution in [0.1, 0.15) is 71.6 Å². The minimum atomic E-state index is -0.0417. The van der Waals surface area contributed by atoms with Gasteiger partial charge in [-0.15, -0.1) is 0 Å². The Morgan fingerprint density at radius 2 is 1.82 bits per heavy atom. The highest BCUT2D eigenvalue weighted by Gasteiger charge is 2.59. The summed E-state index contributed by atoms with van der Waals surface area (Å²) in [7, 11) is 0. The third-order valence-corrected chi connectivity index (χ3v) is 9.49. The molecule has 4 saturated carbocycles. The fourth-order valence-corrected chi connectivity index (χ4v) is 7.96. The number of nitrogens with two attached hydrogens (primary N) is 1. The Morgan fingerprint density at radius 1 is 1.04 bits per heavy atom. The molecule has 0 bridgehead atoms. The van der Waals surface area contributed by atoms with E-state index in [4.69, 9.17) is 10.6 Å². The Kier molecular flexibility index (Phi) is 5.90. The maximum absolute atomic E-state index is 10.2. The van der Waals surface area contributed by atoms with E-state index in [0.717, 1.165) is 36.5 Å². The van der Waals surface area contributed by atoms with Gasteiger partial charge in [-0.05, 0) is 104 Å². The Bertz CT molecular complexity index is 605. The first kappa shape index (κ1) is 20.4. The minimum absolute atomic E-state index is 0.0417. The summed E-state index contributed by atoms with van der Waals surface area (Å²) in [6.45, 7) is 6.13. The molecule has 0 spiro atoms. The second-order valence-electron chi connectivity index (χ2n) is 10.6. The highest BCUT2D eigenvalue weighted by Crippen LogP contribution is 2.67.